The molecular weight excluding hydrogens is 332 g/mol. The third-order valence-electron chi connectivity index (χ3n) is 4.47. The van der Waals surface area contributed by atoms with E-state index in [0.717, 1.165) is 11.3 Å². The summed E-state index contributed by atoms with van der Waals surface area (Å²) < 4.78 is 0. The highest BCUT2D eigenvalue weighted by atomic mass is 16.4. The fraction of sp³-hybridized carbons (Fsp3) is 0.250. The van der Waals surface area contributed by atoms with Crippen LogP contribution in [0.3, 0.4) is 0 Å². The van der Waals surface area contributed by atoms with E-state index in [2.05, 4.69) is 5.32 Å². The lowest BCUT2D eigenvalue weighted by Crippen LogP contribution is -2.44. The van der Waals surface area contributed by atoms with Crippen LogP contribution in [0, 0.1) is 5.92 Å². The van der Waals surface area contributed by atoms with Crippen LogP contribution >= 0.6 is 0 Å². The highest BCUT2D eigenvalue weighted by molar-refractivity contribution is 6.16. The van der Waals surface area contributed by atoms with E-state index in [0.29, 0.717) is 12.1 Å². The summed E-state index contributed by atoms with van der Waals surface area (Å²) in [4.78, 5) is 38.5. The fourth-order valence-corrected chi connectivity index (χ4v) is 3.10. The molecule has 0 bridgehead atoms. The van der Waals surface area contributed by atoms with Gasteiger partial charge in [-0.25, -0.2) is 4.79 Å². The number of carboxylic acids is 1. The third kappa shape index (κ3) is 3.18. The standard InChI is InChI=1S/C20H20N2O4/c1-12(2)17(20(25)26)21-18(23)15-10-6-7-13-11-22(19(24)16(13)15)14-8-4-3-5-9-14/h3-10,12,17H,11H2,1-2H3,(H,21,23)(H,25,26). The number of carboxylic acid groups (broad SMARTS) is 1. The molecule has 0 saturated carbocycles. The number of hydrogen-bond donors (Lipinski definition) is 2. The largest absolute Gasteiger partial charge is 0.480 e. The van der Waals surface area contributed by atoms with E-state index in [1.54, 1.807) is 30.9 Å². The molecular formula is C20H20N2O4. The number of benzene rings is 2. The molecule has 0 aromatic heterocycles. The average Bonchev–Trinajstić information content (AvgIpc) is 2.96. The zero-order chi connectivity index (χ0) is 18.8. The van der Waals surface area contributed by atoms with Crippen LogP contribution in [0.1, 0.15) is 40.1 Å². The lowest BCUT2D eigenvalue weighted by atomic mass is 10.0. The summed E-state index contributed by atoms with van der Waals surface area (Å²) >= 11 is 0. The first-order chi connectivity index (χ1) is 12.4. The average molecular weight is 352 g/mol. The number of amides is 2. The molecule has 134 valence electrons. The van der Waals surface area contributed by atoms with Crippen LogP contribution in [0.25, 0.3) is 0 Å². The molecule has 0 spiro atoms. The molecule has 0 fully saturated rings. The molecule has 1 heterocycles. The van der Waals surface area contributed by atoms with Gasteiger partial charge in [0.1, 0.15) is 6.04 Å². The van der Waals surface area contributed by atoms with Crippen molar-refractivity contribution in [2.24, 2.45) is 5.92 Å². The number of nitrogens with one attached hydrogen (secondary N) is 1. The van der Waals surface area contributed by atoms with Gasteiger partial charge in [0.15, 0.2) is 0 Å². The molecule has 1 unspecified atom stereocenters. The van der Waals surface area contributed by atoms with Crippen LogP contribution in [0.5, 0.6) is 0 Å². The first-order valence-electron chi connectivity index (χ1n) is 8.42. The van der Waals surface area contributed by atoms with Crippen LogP contribution in [0.4, 0.5) is 5.69 Å². The van der Waals surface area contributed by atoms with Gasteiger partial charge in [-0.15, -0.1) is 0 Å². The number of fused-ring (bicyclic) bond motifs is 1. The molecule has 1 aliphatic heterocycles. The predicted octanol–water partition coefficient (Wildman–Crippen LogP) is 2.69. The van der Waals surface area contributed by atoms with E-state index in [9.17, 15) is 19.5 Å². The van der Waals surface area contributed by atoms with E-state index in [-0.39, 0.29) is 17.4 Å². The second-order valence-corrected chi connectivity index (χ2v) is 6.60. The Hall–Kier alpha value is -3.15. The molecule has 0 radical (unpaired) electrons. The molecule has 2 N–H and O–H groups in total. The van der Waals surface area contributed by atoms with Gasteiger partial charge in [0.05, 0.1) is 17.7 Å². The van der Waals surface area contributed by atoms with E-state index < -0.39 is 17.9 Å². The van der Waals surface area contributed by atoms with Crippen molar-refractivity contribution in [3.63, 3.8) is 0 Å². The number of nitrogens with zero attached hydrogens (tertiary/aromatic N) is 1. The molecule has 2 aromatic carbocycles. The number of carbonyl (C=O) groups excluding carboxylic acids is 2. The van der Waals surface area contributed by atoms with Gasteiger partial charge in [-0.05, 0) is 29.7 Å². The highest BCUT2D eigenvalue weighted by Gasteiger charge is 2.33. The molecule has 2 amide bonds. The Morgan fingerprint density at radius 3 is 2.38 bits per heavy atom. The molecule has 1 aliphatic rings. The maximum Gasteiger partial charge on any atom is 0.326 e. The molecule has 26 heavy (non-hydrogen) atoms. The number of anilines is 1. The molecule has 0 saturated heterocycles. The lowest BCUT2D eigenvalue weighted by molar-refractivity contribution is -0.140. The monoisotopic (exact) mass is 352 g/mol. The van der Waals surface area contributed by atoms with E-state index in [4.69, 9.17) is 0 Å². The normalized spacial score (nSPS) is 14.3. The summed E-state index contributed by atoms with van der Waals surface area (Å²) in [5, 5.41) is 11.8. The van der Waals surface area contributed by atoms with Crippen molar-refractivity contribution < 1.29 is 19.5 Å². The summed E-state index contributed by atoms with van der Waals surface area (Å²) in [6, 6.07) is 13.3. The molecule has 3 rings (SSSR count). The Morgan fingerprint density at radius 1 is 1.08 bits per heavy atom. The van der Waals surface area contributed by atoms with Crippen molar-refractivity contribution in [1.82, 2.24) is 5.32 Å². The highest BCUT2D eigenvalue weighted by Crippen LogP contribution is 2.30. The molecule has 6 nitrogen and oxygen atoms in total. The number of aliphatic carboxylic acids is 1. The Morgan fingerprint density at radius 2 is 1.77 bits per heavy atom. The van der Waals surface area contributed by atoms with E-state index in [1.807, 2.05) is 36.4 Å². The predicted molar refractivity (Wildman–Crippen MR) is 97.1 cm³/mol. The van der Waals surface area contributed by atoms with E-state index in [1.165, 1.54) is 0 Å². The van der Waals surface area contributed by atoms with Crippen LogP contribution in [-0.2, 0) is 11.3 Å². The van der Waals surface area contributed by atoms with Crippen molar-refractivity contribution in [1.29, 1.82) is 0 Å². The second kappa shape index (κ2) is 7.00. The maximum atomic E-state index is 12.9. The van der Waals surface area contributed by atoms with Gasteiger partial charge in [-0.2, -0.15) is 0 Å². The SMILES string of the molecule is CC(C)C(NC(=O)c1cccc2c1C(=O)N(c1ccccc1)C2)C(=O)O. The third-order valence-corrected chi connectivity index (χ3v) is 4.47. The summed E-state index contributed by atoms with van der Waals surface area (Å²) in [7, 11) is 0. The zero-order valence-electron chi connectivity index (χ0n) is 14.6. The minimum Gasteiger partial charge on any atom is -0.480 e. The number of para-hydroxylation sites is 1. The van der Waals surface area contributed by atoms with Crippen molar-refractivity contribution in [3.8, 4) is 0 Å². The topological polar surface area (TPSA) is 86.7 Å². The first kappa shape index (κ1) is 17.7. The summed E-state index contributed by atoms with van der Waals surface area (Å²) in [5.74, 6) is -2.18. The van der Waals surface area contributed by atoms with Crippen LogP contribution in [-0.4, -0.2) is 28.9 Å². The Bertz CT molecular complexity index is 861. The molecule has 2 aromatic rings. The molecule has 0 aliphatic carbocycles. The van der Waals surface area contributed by atoms with Gasteiger partial charge in [0, 0.05) is 5.69 Å². The van der Waals surface area contributed by atoms with Crippen molar-refractivity contribution in [3.05, 3.63) is 65.2 Å². The summed E-state index contributed by atoms with van der Waals surface area (Å²) in [6.07, 6.45) is 0. The summed E-state index contributed by atoms with van der Waals surface area (Å²) in [5.41, 5.74) is 2.05. The van der Waals surface area contributed by atoms with Crippen molar-refractivity contribution in [2.45, 2.75) is 26.4 Å². The van der Waals surface area contributed by atoms with Gasteiger partial charge >= 0.3 is 5.97 Å². The smallest absolute Gasteiger partial charge is 0.326 e. The van der Waals surface area contributed by atoms with Crippen LogP contribution < -0.4 is 10.2 Å². The van der Waals surface area contributed by atoms with Gasteiger partial charge in [0.2, 0.25) is 0 Å². The van der Waals surface area contributed by atoms with Crippen LogP contribution in [0.15, 0.2) is 48.5 Å². The Labute approximate surface area is 151 Å². The Balaban J connectivity index is 1.92. The maximum absolute atomic E-state index is 12.9. The first-order valence-corrected chi connectivity index (χ1v) is 8.42. The Kier molecular flexibility index (Phi) is 4.75. The fourth-order valence-electron chi connectivity index (χ4n) is 3.10. The van der Waals surface area contributed by atoms with Gasteiger partial charge < -0.3 is 15.3 Å². The van der Waals surface area contributed by atoms with Crippen LogP contribution in [0.2, 0.25) is 0 Å². The van der Waals surface area contributed by atoms with Gasteiger partial charge in [0.25, 0.3) is 11.8 Å². The van der Waals surface area contributed by atoms with E-state index >= 15 is 0 Å². The quantitative estimate of drug-likeness (QED) is 0.866. The summed E-state index contributed by atoms with van der Waals surface area (Å²) in [6.45, 7) is 3.82. The number of hydrogen-bond acceptors (Lipinski definition) is 3. The minimum absolute atomic E-state index is 0.206. The van der Waals surface area contributed by atoms with Gasteiger partial charge in [-0.1, -0.05) is 44.2 Å². The zero-order valence-corrected chi connectivity index (χ0v) is 14.6. The lowest BCUT2D eigenvalue weighted by Gasteiger charge is -2.19. The van der Waals surface area contributed by atoms with Crippen molar-refractivity contribution >= 4 is 23.5 Å². The number of rotatable bonds is 5. The van der Waals surface area contributed by atoms with Crippen molar-refractivity contribution in [2.75, 3.05) is 4.90 Å². The minimum atomic E-state index is -1.10. The molecule has 1 atom stereocenters. The van der Waals surface area contributed by atoms with Gasteiger partial charge in [-0.3, -0.25) is 9.59 Å². The molecule has 6 heteroatoms. The number of carbonyl (C=O) groups is 3. The second-order valence-electron chi connectivity index (χ2n) is 6.60.